The molecule has 1 aromatic rings. The smallest absolute Gasteiger partial charge is 0.274 e. The van der Waals surface area contributed by atoms with Crippen molar-refractivity contribution in [1.29, 1.82) is 0 Å². The molecular formula is C11H11N3O3. The number of hydrazine groups is 1. The summed E-state index contributed by atoms with van der Waals surface area (Å²) >= 11 is 0. The molecule has 6 nitrogen and oxygen atoms in total. The molecule has 0 bridgehead atoms. The van der Waals surface area contributed by atoms with Gasteiger partial charge in [0.25, 0.3) is 0 Å². The van der Waals surface area contributed by atoms with Gasteiger partial charge in [0, 0.05) is 6.54 Å². The van der Waals surface area contributed by atoms with E-state index in [0.29, 0.717) is 12.2 Å². The third-order valence-corrected chi connectivity index (χ3v) is 2.39. The molecule has 1 heterocycles. The van der Waals surface area contributed by atoms with Gasteiger partial charge in [-0.3, -0.25) is 19.9 Å². The molecule has 1 saturated heterocycles. The fraction of sp³-hybridized carbons (Fsp3) is 0.182. The minimum absolute atomic E-state index is 0.399. The van der Waals surface area contributed by atoms with Gasteiger partial charge in [0.2, 0.25) is 0 Å². The second kappa shape index (κ2) is 4.25. The number of rotatable bonds is 3. The Morgan fingerprint density at radius 2 is 1.82 bits per heavy atom. The van der Waals surface area contributed by atoms with Gasteiger partial charge in [-0.15, -0.1) is 0 Å². The molecule has 0 aromatic heterocycles. The lowest BCUT2D eigenvalue weighted by atomic mass is 10.3. The highest BCUT2D eigenvalue weighted by Gasteiger charge is 2.40. The molecule has 0 aliphatic carbocycles. The normalized spacial score (nSPS) is 15.1. The number of carbonyl (C=O) groups excluding carboxylic acids is 3. The zero-order chi connectivity index (χ0) is 12.4. The van der Waals surface area contributed by atoms with Crippen molar-refractivity contribution in [2.45, 2.75) is 6.92 Å². The Morgan fingerprint density at radius 1 is 1.18 bits per heavy atom. The van der Waals surface area contributed by atoms with Gasteiger partial charge in [0.1, 0.15) is 0 Å². The Hall–Kier alpha value is -2.37. The van der Waals surface area contributed by atoms with Crippen LogP contribution in [-0.2, 0) is 9.59 Å². The number of anilines is 1. The summed E-state index contributed by atoms with van der Waals surface area (Å²) in [6.07, 6.45) is 0. The van der Waals surface area contributed by atoms with E-state index in [9.17, 15) is 14.4 Å². The van der Waals surface area contributed by atoms with Gasteiger partial charge in [0.15, 0.2) is 0 Å². The summed E-state index contributed by atoms with van der Waals surface area (Å²) in [5.74, 6) is -1.76. The molecule has 1 fully saturated rings. The maximum Gasteiger partial charge on any atom is 0.351 e. The first-order valence-electron chi connectivity index (χ1n) is 5.17. The summed E-state index contributed by atoms with van der Waals surface area (Å²) in [7, 11) is 0. The fourth-order valence-electron chi connectivity index (χ4n) is 1.65. The van der Waals surface area contributed by atoms with Crippen LogP contribution in [0.3, 0.4) is 0 Å². The van der Waals surface area contributed by atoms with Crippen LogP contribution in [0.1, 0.15) is 6.92 Å². The van der Waals surface area contributed by atoms with E-state index < -0.39 is 17.8 Å². The van der Waals surface area contributed by atoms with E-state index >= 15 is 0 Å². The zero-order valence-corrected chi connectivity index (χ0v) is 9.21. The van der Waals surface area contributed by atoms with Crippen molar-refractivity contribution in [3.8, 4) is 0 Å². The Kier molecular flexibility index (Phi) is 2.78. The SMILES string of the molecule is CCN(c1ccccc1)N1C(=O)NC(=O)C1=O. The highest BCUT2D eigenvalue weighted by atomic mass is 16.2. The molecule has 17 heavy (non-hydrogen) atoms. The van der Waals surface area contributed by atoms with Crippen LogP contribution in [0.2, 0.25) is 0 Å². The number of amides is 4. The second-order valence-corrected chi connectivity index (χ2v) is 3.43. The number of hydrogen-bond acceptors (Lipinski definition) is 4. The molecule has 0 saturated carbocycles. The van der Waals surface area contributed by atoms with Crippen molar-refractivity contribution in [1.82, 2.24) is 10.3 Å². The van der Waals surface area contributed by atoms with E-state index in [2.05, 4.69) is 0 Å². The number of urea groups is 1. The number of imide groups is 2. The van der Waals surface area contributed by atoms with Gasteiger partial charge in [-0.25, -0.2) is 4.79 Å². The third-order valence-electron chi connectivity index (χ3n) is 2.39. The highest BCUT2D eigenvalue weighted by Crippen LogP contribution is 2.17. The van der Waals surface area contributed by atoms with Crippen molar-refractivity contribution in [2.24, 2.45) is 0 Å². The van der Waals surface area contributed by atoms with Gasteiger partial charge in [-0.1, -0.05) is 18.2 Å². The standard InChI is InChI=1S/C11H11N3O3/c1-2-13(8-6-4-3-5-7-8)14-10(16)9(15)12-11(14)17/h3-7H,2H2,1H3,(H,12,15,17). The van der Waals surface area contributed by atoms with Gasteiger partial charge >= 0.3 is 17.8 Å². The number of nitrogens with one attached hydrogen (secondary N) is 1. The molecule has 6 heteroatoms. The van der Waals surface area contributed by atoms with E-state index in [-0.39, 0.29) is 0 Å². The summed E-state index contributed by atoms with van der Waals surface area (Å²) in [5, 5.41) is 4.22. The van der Waals surface area contributed by atoms with E-state index in [1.54, 1.807) is 31.2 Å². The summed E-state index contributed by atoms with van der Waals surface area (Å²) in [6, 6.07) is 8.20. The lowest BCUT2D eigenvalue weighted by molar-refractivity contribution is -0.140. The first-order chi connectivity index (χ1) is 8.15. The molecule has 1 aliphatic rings. The number of para-hydroxylation sites is 1. The Labute approximate surface area is 97.8 Å². The van der Waals surface area contributed by atoms with Crippen LogP contribution in [0.4, 0.5) is 10.5 Å². The van der Waals surface area contributed by atoms with Crippen LogP contribution >= 0.6 is 0 Å². The number of carbonyl (C=O) groups is 3. The van der Waals surface area contributed by atoms with Gasteiger partial charge in [0.05, 0.1) is 5.69 Å². The molecule has 2 rings (SSSR count). The molecular weight excluding hydrogens is 222 g/mol. The van der Waals surface area contributed by atoms with Crippen LogP contribution in [0, 0.1) is 0 Å². The molecule has 1 aromatic carbocycles. The Balaban J connectivity index is 2.34. The van der Waals surface area contributed by atoms with Gasteiger partial charge < -0.3 is 0 Å². The van der Waals surface area contributed by atoms with Crippen molar-refractivity contribution in [2.75, 3.05) is 11.6 Å². The van der Waals surface area contributed by atoms with E-state index in [0.717, 1.165) is 5.01 Å². The zero-order valence-electron chi connectivity index (χ0n) is 9.21. The molecule has 0 atom stereocenters. The molecule has 4 amide bonds. The predicted octanol–water partition coefficient (Wildman–Crippen LogP) is 0.506. The Bertz CT molecular complexity index is 472. The first-order valence-corrected chi connectivity index (χ1v) is 5.17. The minimum Gasteiger partial charge on any atom is -0.274 e. The van der Waals surface area contributed by atoms with Crippen molar-refractivity contribution < 1.29 is 14.4 Å². The molecule has 1 N–H and O–H groups in total. The van der Waals surface area contributed by atoms with E-state index in [1.807, 2.05) is 11.4 Å². The van der Waals surface area contributed by atoms with Crippen LogP contribution < -0.4 is 10.3 Å². The van der Waals surface area contributed by atoms with Gasteiger partial charge in [-0.2, -0.15) is 5.01 Å². The van der Waals surface area contributed by atoms with Crippen molar-refractivity contribution in [3.05, 3.63) is 30.3 Å². The third kappa shape index (κ3) is 1.84. The van der Waals surface area contributed by atoms with Crippen LogP contribution in [0.5, 0.6) is 0 Å². The highest BCUT2D eigenvalue weighted by molar-refractivity contribution is 6.45. The largest absolute Gasteiger partial charge is 0.351 e. The lowest BCUT2D eigenvalue weighted by Crippen LogP contribution is -2.47. The van der Waals surface area contributed by atoms with Crippen LogP contribution in [0.15, 0.2) is 30.3 Å². The van der Waals surface area contributed by atoms with Crippen molar-refractivity contribution >= 4 is 23.5 Å². The number of benzene rings is 1. The second-order valence-electron chi connectivity index (χ2n) is 3.43. The summed E-state index contributed by atoms with van der Waals surface area (Å²) in [4.78, 5) is 34.1. The molecule has 0 spiro atoms. The monoisotopic (exact) mass is 233 g/mol. The maximum atomic E-state index is 11.5. The lowest BCUT2D eigenvalue weighted by Gasteiger charge is -2.29. The Morgan fingerprint density at radius 3 is 2.29 bits per heavy atom. The number of hydrogen-bond donors (Lipinski definition) is 1. The quantitative estimate of drug-likeness (QED) is 0.610. The molecule has 1 aliphatic heterocycles. The van der Waals surface area contributed by atoms with E-state index in [4.69, 9.17) is 0 Å². The number of nitrogens with zero attached hydrogens (tertiary/aromatic N) is 2. The molecule has 0 unspecified atom stereocenters. The van der Waals surface area contributed by atoms with Crippen LogP contribution in [-0.4, -0.2) is 29.4 Å². The molecule has 88 valence electrons. The summed E-state index contributed by atoms with van der Waals surface area (Å²) in [6.45, 7) is 2.19. The minimum atomic E-state index is -0.899. The predicted molar refractivity (Wildman–Crippen MR) is 59.8 cm³/mol. The molecule has 0 radical (unpaired) electrons. The summed E-state index contributed by atoms with van der Waals surface area (Å²) in [5.41, 5.74) is 0.674. The first kappa shape index (κ1) is 11.1. The van der Waals surface area contributed by atoms with Crippen molar-refractivity contribution in [3.63, 3.8) is 0 Å². The fourth-order valence-corrected chi connectivity index (χ4v) is 1.65. The van der Waals surface area contributed by atoms with Crippen LogP contribution in [0.25, 0.3) is 0 Å². The van der Waals surface area contributed by atoms with E-state index in [1.165, 1.54) is 5.01 Å². The van der Waals surface area contributed by atoms with Gasteiger partial charge in [-0.05, 0) is 19.1 Å². The average Bonchev–Trinajstić information content (AvgIpc) is 2.58. The topological polar surface area (TPSA) is 69.7 Å². The maximum absolute atomic E-state index is 11.5. The average molecular weight is 233 g/mol. The summed E-state index contributed by atoms with van der Waals surface area (Å²) < 4.78 is 0.